The molecule has 0 saturated carbocycles. The number of alkyl halides is 1. The van der Waals surface area contributed by atoms with E-state index in [0.717, 1.165) is 6.42 Å². The molecular formula is C6H9IO2. The van der Waals surface area contributed by atoms with Crippen molar-refractivity contribution in [2.24, 2.45) is 0 Å². The number of carbonyl (C=O) groups is 1. The molecule has 1 rings (SSSR count). The zero-order chi connectivity index (χ0) is 6.85. The Labute approximate surface area is 68.1 Å². The normalized spacial score (nSPS) is 34.7. The van der Waals surface area contributed by atoms with E-state index in [-0.39, 0.29) is 12.1 Å². The van der Waals surface area contributed by atoms with E-state index in [2.05, 4.69) is 22.6 Å². The van der Waals surface area contributed by atoms with Crippen LogP contribution in [0.25, 0.3) is 0 Å². The van der Waals surface area contributed by atoms with Gasteiger partial charge >= 0.3 is 5.97 Å². The molecule has 52 valence electrons. The Morgan fingerprint density at radius 2 is 2.56 bits per heavy atom. The lowest BCUT2D eigenvalue weighted by Gasteiger charge is -2.07. The van der Waals surface area contributed by atoms with E-state index in [1.807, 2.05) is 6.92 Å². The summed E-state index contributed by atoms with van der Waals surface area (Å²) in [6, 6.07) is 0. The Balaban J connectivity index is 2.47. The highest BCUT2D eigenvalue weighted by Crippen LogP contribution is 2.24. The first-order valence-corrected chi connectivity index (χ1v) is 4.32. The lowest BCUT2D eigenvalue weighted by Crippen LogP contribution is -2.13. The van der Waals surface area contributed by atoms with Crippen molar-refractivity contribution in [2.75, 3.05) is 0 Å². The second-order valence-electron chi connectivity index (χ2n) is 2.16. The lowest BCUT2D eigenvalue weighted by atomic mass is 10.2. The third-order valence-corrected chi connectivity index (χ3v) is 2.69. The molecule has 3 heteroatoms. The van der Waals surface area contributed by atoms with E-state index < -0.39 is 0 Å². The fourth-order valence-corrected chi connectivity index (χ4v) is 1.94. The highest BCUT2D eigenvalue weighted by molar-refractivity contribution is 14.1. The molecule has 0 N–H and O–H groups in total. The van der Waals surface area contributed by atoms with Crippen molar-refractivity contribution in [3.8, 4) is 0 Å². The van der Waals surface area contributed by atoms with Crippen LogP contribution in [0.15, 0.2) is 0 Å². The molecule has 1 fully saturated rings. The van der Waals surface area contributed by atoms with E-state index in [1.165, 1.54) is 0 Å². The van der Waals surface area contributed by atoms with E-state index >= 15 is 0 Å². The summed E-state index contributed by atoms with van der Waals surface area (Å²) in [5.41, 5.74) is 0. The van der Waals surface area contributed by atoms with Crippen LogP contribution in [0.2, 0.25) is 0 Å². The lowest BCUT2D eigenvalue weighted by molar-refractivity contribution is -0.141. The first kappa shape index (κ1) is 7.31. The van der Waals surface area contributed by atoms with Crippen LogP contribution in [0.4, 0.5) is 0 Å². The fraction of sp³-hybridized carbons (Fsp3) is 0.833. The molecule has 0 aromatic carbocycles. The zero-order valence-electron chi connectivity index (χ0n) is 5.26. The Morgan fingerprint density at radius 3 is 2.78 bits per heavy atom. The van der Waals surface area contributed by atoms with Gasteiger partial charge in [-0.25, -0.2) is 0 Å². The molecule has 9 heavy (non-hydrogen) atoms. The minimum atomic E-state index is -0.0405. The quantitative estimate of drug-likeness (QED) is 0.394. The Kier molecular flexibility index (Phi) is 2.32. The average molecular weight is 240 g/mol. The number of hydrogen-bond donors (Lipinski definition) is 0. The molecule has 0 bridgehead atoms. The van der Waals surface area contributed by atoms with Gasteiger partial charge in [0.2, 0.25) is 0 Å². The summed E-state index contributed by atoms with van der Waals surface area (Å²) >= 11 is 2.26. The SMILES string of the molecule is CC[C@H]1OC(=O)C[C@@H]1I. The summed E-state index contributed by atoms with van der Waals surface area (Å²) in [5, 5.41) is 0. The van der Waals surface area contributed by atoms with Crippen LogP contribution in [0.1, 0.15) is 19.8 Å². The zero-order valence-corrected chi connectivity index (χ0v) is 7.42. The molecule has 1 aliphatic rings. The Morgan fingerprint density at radius 1 is 1.89 bits per heavy atom. The van der Waals surface area contributed by atoms with Gasteiger partial charge in [0.05, 0.1) is 10.3 Å². The van der Waals surface area contributed by atoms with Crippen LogP contribution in [-0.2, 0) is 9.53 Å². The van der Waals surface area contributed by atoms with Crippen molar-refractivity contribution in [1.82, 2.24) is 0 Å². The number of cyclic esters (lactones) is 1. The smallest absolute Gasteiger partial charge is 0.307 e. The van der Waals surface area contributed by atoms with Crippen LogP contribution in [0.5, 0.6) is 0 Å². The van der Waals surface area contributed by atoms with Gasteiger partial charge in [-0.2, -0.15) is 0 Å². The fourth-order valence-electron chi connectivity index (χ4n) is 0.921. The summed E-state index contributed by atoms with van der Waals surface area (Å²) < 4.78 is 5.38. The van der Waals surface area contributed by atoms with Crippen molar-refractivity contribution in [3.05, 3.63) is 0 Å². The molecule has 0 aromatic heterocycles. The summed E-state index contributed by atoms with van der Waals surface area (Å²) in [6.45, 7) is 2.04. The molecule has 0 amide bonds. The highest BCUT2D eigenvalue weighted by atomic mass is 127. The predicted molar refractivity (Wildman–Crippen MR) is 42.6 cm³/mol. The van der Waals surface area contributed by atoms with E-state index in [0.29, 0.717) is 10.3 Å². The first-order chi connectivity index (χ1) is 4.24. The topological polar surface area (TPSA) is 26.3 Å². The van der Waals surface area contributed by atoms with Crippen LogP contribution in [-0.4, -0.2) is 16.0 Å². The van der Waals surface area contributed by atoms with Gasteiger partial charge in [-0.3, -0.25) is 4.79 Å². The van der Waals surface area contributed by atoms with Gasteiger partial charge in [-0.15, -0.1) is 0 Å². The van der Waals surface area contributed by atoms with Gasteiger partial charge in [0.15, 0.2) is 0 Å². The van der Waals surface area contributed by atoms with Crippen LogP contribution < -0.4 is 0 Å². The second-order valence-corrected chi connectivity index (χ2v) is 3.76. The van der Waals surface area contributed by atoms with Crippen molar-refractivity contribution < 1.29 is 9.53 Å². The molecule has 2 atom stereocenters. The Bertz CT molecular complexity index is 124. The third-order valence-electron chi connectivity index (χ3n) is 1.45. The number of halogens is 1. The average Bonchev–Trinajstić information content (AvgIpc) is 2.10. The molecule has 1 heterocycles. The highest BCUT2D eigenvalue weighted by Gasteiger charge is 2.30. The van der Waals surface area contributed by atoms with Crippen molar-refractivity contribution in [3.63, 3.8) is 0 Å². The van der Waals surface area contributed by atoms with Crippen molar-refractivity contribution in [1.29, 1.82) is 0 Å². The predicted octanol–water partition coefficient (Wildman–Crippen LogP) is 1.52. The van der Waals surface area contributed by atoms with E-state index in [1.54, 1.807) is 0 Å². The van der Waals surface area contributed by atoms with Gasteiger partial charge < -0.3 is 4.74 Å². The molecule has 0 aromatic rings. The number of carbonyl (C=O) groups excluding carboxylic acids is 1. The second kappa shape index (κ2) is 2.86. The summed E-state index contributed by atoms with van der Waals surface area (Å²) in [7, 11) is 0. The van der Waals surface area contributed by atoms with Crippen molar-refractivity contribution in [2.45, 2.75) is 29.8 Å². The number of esters is 1. The maximum atomic E-state index is 10.6. The summed E-state index contributed by atoms with van der Waals surface area (Å²) in [4.78, 5) is 10.6. The minimum absolute atomic E-state index is 0.0405. The third kappa shape index (κ3) is 1.56. The van der Waals surface area contributed by atoms with E-state index in [9.17, 15) is 4.79 Å². The van der Waals surface area contributed by atoms with Gasteiger partial charge in [0, 0.05) is 0 Å². The molecular weight excluding hydrogens is 231 g/mol. The standard InChI is InChI=1S/C6H9IO2/c1-2-5-4(7)3-6(8)9-5/h4-5H,2-3H2,1H3/t4-,5+/m0/s1. The van der Waals surface area contributed by atoms with Gasteiger partial charge in [-0.05, 0) is 6.42 Å². The number of hydrogen-bond acceptors (Lipinski definition) is 2. The molecule has 1 saturated heterocycles. The van der Waals surface area contributed by atoms with E-state index in [4.69, 9.17) is 4.74 Å². The Hall–Kier alpha value is 0.200. The molecule has 1 aliphatic heterocycles. The van der Waals surface area contributed by atoms with Gasteiger partial charge in [0.25, 0.3) is 0 Å². The molecule has 0 aliphatic carbocycles. The van der Waals surface area contributed by atoms with Gasteiger partial charge in [-0.1, -0.05) is 29.5 Å². The minimum Gasteiger partial charge on any atom is -0.461 e. The van der Waals surface area contributed by atoms with Crippen molar-refractivity contribution >= 4 is 28.6 Å². The molecule has 2 nitrogen and oxygen atoms in total. The van der Waals surface area contributed by atoms with Crippen LogP contribution in [0, 0.1) is 0 Å². The maximum Gasteiger partial charge on any atom is 0.307 e. The number of rotatable bonds is 1. The largest absolute Gasteiger partial charge is 0.461 e. The first-order valence-electron chi connectivity index (χ1n) is 3.07. The molecule has 0 unspecified atom stereocenters. The summed E-state index contributed by atoms with van der Waals surface area (Å²) in [6.07, 6.45) is 1.72. The maximum absolute atomic E-state index is 10.6. The number of ether oxygens (including phenoxy) is 1. The van der Waals surface area contributed by atoms with Crippen LogP contribution >= 0.6 is 22.6 Å². The summed E-state index contributed by atoms with van der Waals surface area (Å²) in [5.74, 6) is -0.0405. The monoisotopic (exact) mass is 240 g/mol. The molecule has 0 spiro atoms. The molecule has 0 radical (unpaired) electrons. The van der Waals surface area contributed by atoms with Crippen LogP contribution in [0.3, 0.4) is 0 Å². The van der Waals surface area contributed by atoms with Gasteiger partial charge in [0.1, 0.15) is 6.10 Å².